The third kappa shape index (κ3) is 5.10. The van der Waals surface area contributed by atoms with Crippen molar-refractivity contribution in [2.45, 2.75) is 6.92 Å². The van der Waals surface area contributed by atoms with Crippen LogP contribution >= 0.6 is 0 Å². The van der Waals surface area contributed by atoms with E-state index in [4.69, 9.17) is 4.98 Å². The molecule has 0 saturated heterocycles. The molecule has 1 aromatic heterocycles. The van der Waals surface area contributed by atoms with Crippen molar-refractivity contribution in [1.29, 1.82) is 0 Å². The van der Waals surface area contributed by atoms with E-state index in [1.54, 1.807) is 0 Å². The van der Waals surface area contributed by atoms with E-state index >= 15 is 0 Å². The van der Waals surface area contributed by atoms with Crippen molar-refractivity contribution in [1.82, 2.24) is 4.98 Å². The molecule has 170 valence electrons. The van der Waals surface area contributed by atoms with Gasteiger partial charge in [-0.2, -0.15) is 10.2 Å². The number of aliphatic hydroxyl groups is 2. The topological polar surface area (TPSA) is 84.5 Å². The first-order valence-corrected chi connectivity index (χ1v) is 11.0. The SMILES string of the molecule is Cc1cc(N(CCO)CCO)ccc1N=Nc1ccc2cc3ccc(N(C)C)cc3nc2c1. The predicted octanol–water partition coefficient (Wildman–Crippen LogP) is 4.97. The Labute approximate surface area is 193 Å². The van der Waals surface area contributed by atoms with Crippen LogP contribution in [0.15, 0.2) is 70.9 Å². The fraction of sp³-hybridized carbons (Fsp3) is 0.269. The van der Waals surface area contributed by atoms with Crippen LogP contribution in [0.1, 0.15) is 5.56 Å². The minimum absolute atomic E-state index is 0.0300. The smallest absolute Gasteiger partial charge is 0.0887 e. The van der Waals surface area contributed by atoms with E-state index in [1.807, 2.05) is 62.3 Å². The van der Waals surface area contributed by atoms with Gasteiger partial charge in [0.05, 0.1) is 35.6 Å². The first kappa shape index (κ1) is 22.6. The van der Waals surface area contributed by atoms with Gasteiger partial charge in [-0.1, -0.05) is 12.1 Å². The van der Waals surface area contributed by atoms with Gasteiger partial charge in [-0.3, -0.25) is 0 Å². The Kier molecular flexibility index (Phi) is 6.82. The second-order valence-electron chi connectivity index (χ2n) is 8.24. The first-order chi connectivity index (χ1) is 16.0. The molecule has 4 rings (SSSR count). The van der Waals surface area contributed by atoms with E-state index in [0.717, 1.165) is 50.1 Å². The zero-order chi connectivity index (χ0) is 23.4. The van der Waals surface area contributed by atoms with Gasteiger partial charge >= 0.3 is 0 Å². The molecule has 7 nitrogen and oxygen atoms in total. The van der Waals surface area contributed by atoms with Crippen LogP contribution in [-0.2, 0) is 0 Å². The van der Waals surface area contributed by atoms with Gasteiger partial charge in [0, 0.05) is 49.3 Å². The van der Waals surface area contributed by atoms with E-state index in [1.165, 1.54) is 0 Å². The highest BCUT2D eigenvalue weighted by atomic mass is 16.3. The van der Waals surface area contributed by atoms with Gasteiger partial charge in [0.2, 0.25) is 0 Å². The molecule has 0 aliphatic heterocycles. The molecule has 0 unspecified atom stereocenters. The normalized spacial score (nSPS) is 11.5. The highest BCUT2D eigenvalue weighted by Gasteiger charge is 2.08. The quantitative estimate of drug-likeness (QED) is 0.297. The largest absolute Gasteiger partial charge is 0.395 e. The Morgan fingerprint density at radius 1 is 0.758 bits per heavy atom. The zero-order valence-electron chi connectivity index (χ0n) is 19.2. The van der Waals surface area contributed by atoms with Crippen molar-refractivity contribution in [2.75, 3.05) is 50.2 Å². The molecule has 0 atom stereocenters. The number of benzene rings is 3. The summed E-state index contributed by atoms with van der Waals surface area (Å²) < 4.78 is 0. The lowest BCUT2D eigenvalue weighted by atomic mass is 10.1. The molecule has 0 aliphatic rings. The molecule has 0 fully saturated rings. The average molecular weight is 444 g/mol. The first-order valence-electron chi connectivity index (χ1n) is 11.0. The van der Waals surface area contributed by atoms with Crippen LogP contribution in [0.5, 0.6) is 0 Å². The summed E-state index contributed by atoms with van der Waals surface area (Å²) in [6.45, 7) is 2.97. The lowest BCUT2D eigenvalue weighted by molar-refractivity contribution is 0.281. The monoisotopic (exact) mass is 443 g/mol. The number of aryl methyl sites for hydroxylation is 1. The molecular formula is C26H29N5O2. The molecule has 0 amide bonds. The molecule has 1 heterocycles. The highest BCUT2D eigenvalue weighted by Crippen LogP contribution is 2.29. The Morgan fingerprint density at radius 2 is 1.42 bits per heavy atom. The van der Waals surface area contributed by atoms with E-state index in [0.29, 0.717) is 13.1 Å². The zero-order valence-corrected chi connectivity index (χ0v) is 19.2. The maximum absolute atomic E-state index is 9.27. The number of aliphatic hydroxyl groups excluding tert-OH is 2. The molecular weight excluding hydrogens is 414 g/mol. The van der Waals surface area contributed by atoms with Crippen molar-refractivity contribution in [3.8, 4) is 0 Å². The number of hydrogen-bond acceptors (Lipinski definition) is 7. The van der Waals surface area contributed by atoms with Crippen LogP contribution in [0.4, 0.5) is 22.7 Å². The molecule has 3 aromatic carbocycles. The fourth-order valence-corrected chi connectivity index (χ4v) is 3.81. The number of rotatable bonds is 8. The van der Waals surface area contributed by atoms with Gasteiger partial charge in [0.15, 0.2) is 0 Å². The van der Waals surface area contributed by atoms with E-state index in [2.05, 4.69) is 39.4 Å². The van der Waals surface area contributed by atoms with Crippen molar-refractivity contribution in [2.24, 2.45) is 10.2 Å². The molecule has 0 saturated carbocycles. The Bertz CT molecular complexity index is 1300. The number of pyridine rings is 1. The van der Waals surface area contributed by atoms with Gasteiger partial charge in [-0.05, 0) is 61.0 Å². The molecule has 0 spiro atoms. The van der Waals surface area contributed by atoms with Crippen LogP contribution in [0.25, 0.3) is 21.8 Å². The summed E-state index contributed by atoms with van der Waals surface area (Å²) in [5.74, 6) is 0. The maximum Gasteiger partial charge on any atom is 0.0887 e. The van der Waals surface area contributed by atoms with E-state index < -0.39 is 0 Å². The van der Waals surface area contributed by atoms with E-state index in [9.17, 15) is 10.2 Å². The summed E-state index contributed by atoms with van der Waals surface area (Å²) in [5, 5.41) is 29.6. The summed E-state index contributed by atoms with van der Waals surface area (Å²) in [7, 11) is 4.04. The van der Waals surface area contributed by atoms with Crippen molar-refractivity contribution >= 4 is 44.6 Å². The standard InChI is InChI=1S/C26H29N5O2/c1-18-14-23(31(10-12-32)11-13-33)8-9-24(18)29-28-21-6-4-19-15-20-5-7-22(30(2)3)17-26(20)27-25(19)16-21/h4-9,14-17,32-33H,10-13H2,1-3H3. The molecule has 4 aromatic rings. The second-order valence-corrected chi connectivity index (χ2v) is 8.24. The summed E-state index contributed by atoms with van der Waals surface area (Å²) in [6, 6.07) is 20.2. The Hall–Kier alpha value is -3.55. The lowest BCUT2D eigenvalue weighted by Gasteiger charge is -2.23. The van der Waals surface area contributed by atoms with Crippen molar-refractivity contribution < 1.29 is 10.2 Å². The van der Waals surface area contributed by atoms with Crippen LogP contribution in [0.3, 0.4) is 0 Å². The molecule has 0 aliphatic carbocycles. The summed E-state index contributed by atoms with van der Waals surface area (Å²) in [4.78, 5) is 8.85. The van der Waals surface area contributed by atoms with Gasteiger partial charge in [0.25, 0.3) is 0 Å². The summed E-state index contributed by atoms with van der Waals surface area (Å²) >= 11 is 0. The Balaban J connectivity index is 1.61. The highest BCUT2D eigenvalue weighted by molar-refractivity contribution is 5.95. The minimum atomic E-state index is 0.0300. The third-order valence-corrected chi connectivity index (χ3v) is 5.65. The van der Waals surface area contributed by atoms with E-state index in [-0.39, 0.29) is 13.2 Å². The number of anilines is 2. The van der Waals surface area contributed by atoms with Crippen molar-refractivity contribution in [3.63, 3.8) is 0 Å². The van der Waals surface area contributed by atoms with Gasteiger partial charge in [-0.25, -0.2) is 4.98 Å². The van der Waals surface area contributed by atoms with Gasteiger partial charge in [-0.15, -0.1) is 0 Å². The number of nitrogens with zero attached hydrogens (tertiary/aromatic N) is 5. The molecule has 0 bridgehead atoms. The lowest BCUT2D eigenvalue weighted by Crippen LogP contribution is -2.29. The number of azo groups is 1. The summed E-state index contributed by atoms with van der Waals surface area (Å²) in [6.07, 6.45) is 0. The number of hydrogen-bond donors (Lipinski definition) is 2. The van der Waals surface area contributed by atoms with Crippen LogP contribution < -0.4 is 9.80 Å². The van der Waals surface area contributed by atoms with Gasteiger partial charge < -0.3 is 20.0 Å². The molecule has 0 radical (unpaired) electrons. The molecule has 33 heavy (non-hydrogen) atoms. The average Bonchev–Trinajstić information content (AvgIpc) is 2.81. The van der Waals surface area contributed by atoms with Gasteiger partial charge in [0.1, 0.15) is 0 Å². The third-order valence-electron chi connectivity index (χ3n) is 5.65. The van der Waals surface area contributed by atoms with Crippen LogP contribution in [0.2, 0.25) is 0 Å². The fourth-order valence-electron chi connectivity index (χ4n) is 3.81. The predicted molar refractivity (Wildman–Crippen MR) is 135 cm³/mol. The summed E-state index contributed by atoms with van der Waals surface area (Å²) in [5.41, 5.74) is 6.36. The second kappa shape index (κ2) is 9.94. The molecule has 7 heteroatoms. The molecule has 2 N–H and O–H groups in total. The number of fused-ring (bicyclic) bond motifs is 2. The minimum Gasteiger partial charge on any atom is -0.395 e. The van der Waals surface area contributed by atoms with Crippen LogP contribution in [0, 0.1) is 6.92 Å². The maximum atomic E-state index is 9.27. The van der Waals surface area contributed by atoms with Crippen molar-refractivity contribution in [3.05, 3.63) is 66.2 Å². The number of aromatic nitrogens is 1. The van der Waals surface area contributed by atoms with Crippen LogP contribution in [-0.4, -0.2) is 55.6 Å². The Morgan fingerprint density at radius 3 is 2.09 bits per heavy atom.